The van der Waals surface area contributed by atoms with E-state index in [1.54, 1.807) is 30.3 Å². The zero-order chi connectivity index (χ0) is 23.5. The van der Waals surface area contributed by atoms with Crippen molar-refractivity contribution in [1.82, 2.24) is 4.90 Å². The first kappa shape index (κ1) is 22.2. The topological polar surface area (TPSA) is 83.1 Å². The van der Waals surface area contributed by atoms with E-state index in [4.69, 9.17) is 14.5 Å². The summed E-state index contributed by atoms with van der Waals surface area (Å²) in [5.41, 5.74) is 1.82. The van der Waals surface area contributed by atoms with Crippen molar-refractivity contribution < 1.29 is 19.1 Å². The van der Waals surface area contributed by atoms with E-state index in [0.717, 1.165) is 36.9 Å². The van der Waals surface area contributed by atoms with Crippen LogP contribution in [0.1, 0.15) is 48.2 Å². The number of hydrogen-bond acceptors (Lipinski definition) is 5. The quantitative estimate of drug-likeness (QED) is 0.424. The van der Waals surface area contributed by atoms with Crippen LogP contribution in [0.4, 0.5) is 5.69 Å². The lowest BCUT2D eigenvalue weighted by atomic mass is 9.94. The van der Waals surface area contributed by atoms with Gasteiger partial charge in [-0.3, -0.25) is 9.69 Å². The Balaban J connectivity index is 1.43. The average Bonchev–Trinajstić information content (AvgIpc) is 3.45. The Kier molecular flexibility index (Phi) is 6.36. The Hall–Kier alpha value is -3.58. The summed E-state index contributed by atoms with van der Waals surface area (Å²) in [6.07, 6.45) is 7.21. The molecule has 5 rings (SSSR count). The third-order valence-corrected chi connectivity index (χ3v) is 7.06. The maximum Gasteiger partial charge on any atom is 0.335 e. The molecule has 1 aromatic heterocycles. The number of amides is 1. The van der Waals surface area contributed by atoms with E-state index in [9.17, 15) is 9.59 Å². The molecule has 6 nitrogen and oxygen atoms in total. The number of carboxylic acid groups (broad SMARTS) is 1. The molecule has 0 radical (unpaired) electrons. The Morgan fingerprint density at radius 1 is 1.00 bits per heavy atom. The first-order valence-corrected chi connectivity index (χ1v) is 12.2. The molecular weight excluding hydrogens is 448 g/mol. The lowest BCUT2D eigenvalue weighted by Gasteiger charge is -2.30. The normalized spacial score (nSPS) is 19.3. The average molecular weight is 473 g/mol. The number of carbonyl (C=O) groups excluding carboxylic acids is 1. The molecule has 0 spiro atoms. The van der Waals surface area contributed by atoms with Crippen LogP contribution in [0.5, 0.6) is 0 Å². The van der Waals surface area contributed by atoms with Crippen LogP contribution in [0.25, 0.3) is 17.4 Å². The summed E-state index contributed by atoms with van der Waals surface area (Å²) < 4.78 is 5.97. The molecule has 1 saturated heterocycles. The number of hydrogen-bond donors (Lipinski definition) is 1. The predicted molar refractivity (Wildman–Crippen MR) is 134 cm³/mol. The van der Waals surface area contributed by atoms with Crippen LogP contribution < -0.4 is 0 Å². The van der Waals surface area contributed by atoms with Crippen LogP contribution in [0.15, 0.2) is 81.0 Å². The lowest BCUT2D eigenvalue weighted by Crippen LogP contribution is -2.40. The van der Waals surface area contributed by atoms with E-state index >= 15 is 0 Å². The summed E-state index contributed by atoms with van der Waals surface area (Å²) in [6.45, 7) is 0. The van der Waals surface area contributed by atoms with E-state index in [2.05, 4.69) is 0 Å². The van der Waals surface area contributed by atoms with Gasteiger partial charge in [-0.1, -0.05) is 49.6 Å². The first-order chi connectivity index (χ1) is 16.6. The fourth-order valence-electron chi connectivity index (χ4n) is 4.33. The number of carbonyl (C=O) groups is 2. The molecule has 34 heavy (non-hydrogen) atoms. The van der Waals surface area contributed by atoms with Gasteiger partial charge in [-0.25, -0.2) is 9.79 Å². The maximum atomic E-state index is 13.4. The molecule has 2 aliphatic rings. The Morgan fingerprint density at radius 3 is 2.44 bits per heavy atom. The van der Waals surface area contributed by atoms with Crippen LogP contribution in [0.3, 0.4) is 0 Å². The van der Waals surface area contributed by atoms with Gasteiger partial charge in [0.25, 0.3) is 5.91 Å². The minimum atomic E-state index is -0.969. The van der Waals surface area contributed by atoms with Crippen molar-refractivity contribution in [2.45, 2.75) is 38.1 Å². The van der Waals surface area contributed by atoms with E-state index in [0.29, 0.717) is 21.6 Å². The van der Waals surface area contributed by atoms with Gasteiger partial charge in [0.2, 0.25) is 0 Å². The minimum absolute atomic E-state index is 0.0321. The largest absolute Gasteiger partial charge is 0.478 e. The van der Waals surface area contributed by atoms with Gasteiger partial charge in [0.05, 0.1) is 16.2 Å². The lowest BCUT2D eigenvalue weighted by molar-refractivity contribution is -0.124. The molecule has 172 valence electrons. The van der Waals surface area contributed by atoms with Crippen molar-refractivity contribution in [1.29, 1.82) is 0 Å². The third kappa shape index (κ3) is 4.70. The highest BCUT2D eigenvalue weighted by molar-refractivity contribution is 8.18. The molecule has 1 N–H and O–H groups in total. The zero-order valence-electron chi connectivity index (χ0n) is 18.5. The standard InChI is InChI=1S/C27H24N2O4S/c30-25-24(17-22-15-16-23(33-22)18-11-13-19(14-12-18)26(31)32)34-27(28-20-7-3-1-4-8-20)29(25)21-9-5-2-6-10-21/h1,3-4,7-8,11-17,21H,2,5-6,9-10H2,(H,31,32)/b24-17+,28-27?. The van der Waals surface area contributed by atoms with Crippen LogP contribution in [-0.4, -0.2) is 33.1 Å². The molecular formula is C27H24N2O4S. The summed E-state index contributed by atoms with van der Waals surface area (Å²) in [5.74, 6) is 0.179. The van der Waals surface area contributed by atoms with Gasteiger partial charge in [-0.15, -0.1) is 0 Å². The van der Waals surface area contributed by atoms with E-state index in [1.165, 1.54) is 18.2 Å². The van der Waals surface area contributed by atoms with E-state index in [1.807, 2.05) is 47.4 Å². The van der Waals surface area contributed by atoms with E-state index in [-0.39, 0.29) is 17.5 Å². The zero-order valence-corrected chi connectivity index (χ0v) is 19.3. The summed E-state index contributed by atoms with van der Waals surface area (Å²) >= 11 is 1.38. The van der Waals surface area contributed by atoms with Crippen LogP contribution >= 0.6 is 11.8 Å². The van der Waals surface area contributed by atoms with Crippen LogP contribution in [0, 0.1) is 0 Å². The van der Waals surface area contributed by atoms with Gasteiger partial charge in [0.15, 0.2) is 5.17 Å². The van der Waals surface area contributed by atoms with Crippen molar-refractivity contribution in [3.05, 3.63) is 83.0 Å². The van der Waals surface area contributed by atoms with Gasteiger partial charge >= 0.3 is 5.97 Å². The molecule has 0 unspecified atom stereocenters. The van der Waals surface area contributed by atoms with Gasteiger partial charge < -0.3 is 9.52 Å². The second-order valence-corrected chi connectivity index (χ2v) is 9.40. The minimum Gasteiger partial charge on any atom is -0.478 e. The smallest absolute Gasteiger partial charge is 0.335 e. The Labute approximate surface area is 202 Å². The number of thioether (sulfide) groups is 1. The Bertz CT molecular complexity index is 1260. The molecule has 1 saturated carbocycles. The SMILES string of the molecule is O=C(O)c1ccc(-c2ccc(/C=C3/SC(=Nc4ccccc4)N(C4CCCCC4)C3=O)o2)cc1. The molecule has 2 aromatic carbocycles. The van der Waals surface area contributed by atoms with Crippen molar-refractivity contribution in [2.24, 2.45) is 4.99 Å². The second kappa shape index (κ2) is 9.73. The number of benzene rings is 2. The number of rotatable bonds is 5. The number of para-hydroxylation sites is 1. The number of aromatic carboxylic acids is 1. The molecule has 2 fully saturated rings. The van der Waals surface area contributed by atoms with Crippen molar-refractivity contribution in [3.63, 3.8) is 0 Å². The number of furan rings is 1. The fourth-order valence-corrected chi connectivity index (χ4v) is 5.37. The van der Waals surface area contributed by atoms with Gasteiger partial charge in [0, 0.05) is 17.7 Å². The number of aliphatic imine (C=N–C) groups is 1. The molecule has 1 amide bonds. The van der Waals surface area contributed by atoms with Crippen molar-refractivity contribution >= 4 is 40.6 Å². The monoisotopic (exact) mass is 472 g/mol. The van der Waals surface area contributed by atoms with Gasteiger partial charge in [0.1, 0.15) is 11.5 Å². The molecule has 0 atom stereocenters. The second-order valence-electron chi connectivity index (χ2n) is 8.39. The molecule has 0 bridgehead atoms. The predicted octanol–water partition coefficient (Wildman–Crippen LogP) is 6.58. The van der Waals surface area contributed by atoms with Gasteiger partial charge in [-0.05, 0) is 61.0 Å². The molecule has 2 heterocycles. The number of carboxylic acids is 1. The van der Waals surface area contributed by atoms with Crippen LogP contribution in [-0.2, 0) is 4.79 Å². The van der Waals surface area contributed by atoms with Crippen LogP contribution in [0.2, 0.25) is 0 Å². The summed E-state index contributed by atoms with van der Waals surface area (Å²) in [6, 6.07) is 20.0. The molecule has 1 aliphatic heterocycles. The highest BCUT2D eigenvalue weighted by atomic mass is 32.2. The highest BCUT2D eigenvalue weighted by Gasteiger charge is 2.38. The molecule has 1 aliphatic carbocycles. The summed E-state index contributed by atoms with van der Waals surface area (Å²) in [5, 5.41) is 9.80. The van der Waals surface area contributed by atoms with Crippen molar-refractivity contribution in [2.75, 3.05) is 0 Å². The Morgan fingerprint density at radius 2 is 1.74 bits per heavy atom. The summed E-state index contributed by atoms with van der Waals surface area (Å²) in [4.78, 5) is 31.8. The van der Waals surface area contributed by atoms with E-state index < -0.39 is 5.97 Å². The first-order valence-electron chi connectivity index (χ1n) is 11.4. The number of nitrogens with zero attached hydrogens (tertiary/aromatic N) is 2. The number of amidine groups is 1. The fraction of sp³-hybridized carbons (Fsp3) is 0.222. The van der Waals surface area contributed by atoms with Gasteiger partial charge in [-0.2, -0.15) is 0 Å². The maximum absolute atomic E-state index is 13.4. The third-order valence-electron chi connectivity index (χ3n) is 6.07. The molecule has 7 heteroatoms. The highest BCUT2D eigenvalue weighted by Crippen LogP contribution is 2.39. The summed E-state index contributed by atoms with van der Waals surface area (Å²) in [7, 11) is 0. The van der Waals surface area contributed by atoms with Crippen molar-refractivity contribution in [3.8, 4) is 11.3 Å². The molecule has 3 aromatic rings.